The van der Waals surface area contributed by atoms with E-state index < -0.39 is 0 Å². The van der Waals surface area contributed by atoms with Crippen molar-refractivity contribution in [1.29, 1.82) is 0 Å². The van der Waals surface area contributed by atoms with Gasteiger partial charge in [0.15, 0.2) is 0 Å². The molecule has 1 aromatic carbocycles. The minimum absolute atomic E-state index is 0.117. The largest absolute Gasteiger partial charge is 0.374 e. The van der Waals surface area contributed by atoms with Crippen LogP contribution >= 0.6 is 0 Å². The molecular formula is C16H19N3O2. The Morgan fingerprint density at radius 2 is 2.24 bits per heavy atom. The second-order valence-corrected chi connectivity index (χ2v) is 5.89. The quantitative estimate of drug-likeness (QED) is 0.875. The SMILES string of the molecule is O=C(c1ccc2nc[nH]c2c1)N1CCOC2CCCCC21. The Kier molecular flexibility index (Phi) is 3.15. The molecule has 0 spiro atoms. The summed E-state index contributed by atoms with van der Waals surface area (Å²) in [5, 5.41) is 0. The number of benzene rings is 1. The number of ether oxygens (including phenoxy) is 1. The van der Waals surface area contributed by atoms with Crippen LogP contribution in [-0.2, 0) is 4.74 Å². The summed E-state index contributed by atoms with van der Waals surface area (Å²) in [6.07, 6.45) is 6.42. The standard InChI is InChI=1S/C16H19N3O2/c20-16(11-5-6-12-13(9-11)18-10-17-12)19-7-8-21-15-4-2-1-3-14(15)19/h5-6,9-10,14-15H,1-4,7-8H2,(H,17,18). The fourth-order valence-corrected chi connectivity index (χ4v) is 3.58. The van der Waals surface area contributed by atoms with E-state index in [4.69, 9.17) is 4.74 Å². The smallest absolute Gasteiger partial charge is 0.254 e. The van der Waals surface area contributed by atoms with Gasteiger partial charge >= 0.3 is 0 Å². The Hall–Kier alpha value is -1.88. The Balaban J connectivity index is 1.63. The lowest BCUT2D eigenvalue weighted by molar-refractivity contribution is -0.0752. The molecule has 1 aromatic heterocycles. The molecule has 1 amide bonds. The number of carbonyl (C=O) groups is 1. The summed E-state index contributed by atoms with van der Waals surface area (Å²) in [4.78, 5) is 22.1. The molecule has 2 aliphatic rings. The van der Waals surface area contributed by atoms with E-state index in [1.165, 1.54) is 12.8 Å². The van der Waals surface area contributed by atoms with Crippen molar-refractivity contribution in [1.82, 2.24) is 14.9 Å². The lowest BCUT2D eigenvalue weighted by Gasteiger charge is -2.43. The number of morpholine rings is 1. The highest BCUT2D eigenvalue weighted by atomic mass is 16.5. The van der Waals surface area contributed by atoms with Crippen LogP contribution < -0.4 is 0 Å². The predicted octanol–water partition coefficient (Wildman–Crippen LogP) is 2.35. The molecule has 5 nitrogen and oxygen atoms in total. The maximum atomic E-state index is 12.9. The molecule has 1 saturated heterocycles. The number of aromatic nitrogens is 2. The third-order valence-electron chi connectivity index (χ3n) is 4.66. The third-order valence-corrected chi connectivity index (χ3v) is 4.66. The van der Waals surface area contributed by atoms with Gasteiger partial charge in [-0.05, 0) is 31.0 Å². The number of aromatic amines is 1. The van der Waals surface area contributed by atoms with Crippen molar-refractivity contribution < 1.29 is 9.53 Å². The molecule has 2 fully saturated rings. The van der Waals surface area contributed by atoms with Gasteiger partial charge in [0.05, 0.1) is 36.1 Å². The molecule has 110 valence electrons. The van der Waals surface area contributed by atoms with E-state index >= 15 is 0 Å². The van der Waals surface area contributed by atoms with Crippen LogP contribution in [-0.4, -0.2) is 46.1 Å². The van der Waals surface area contributed by atoms with E-state index in [-0.39, 0.29) is 18.1 Å². The van der Waals surface area contributed by atoms with Gasteiger partial charge < -0.3 is 14.6 Å². The number of nitrogens with zero attached hydrogens (tertiary/aromatic N) is 2. The second-order valence-electron chi connectivity index (χ2n) is 5.89. The van der Waals surface area contributed by atoms with Crippen LogP contribution in [0.1, 0.15) is 36.0 Å². The summed E-state index contributed by atoms with van der Waals surface area (Å²) in [5.41, 5.74) is 2.54. The fourth-order valence-electron chi connectivity index (χ4n) is 3.58. The van der Waals surface area contributed by atoms with E-state index in [2.05, 4.69) is 9.97 Å². The summed E-state index contributed by atoms with van der Waals surface area (Å²) in [6.45, 7) is 1.35. The highest BCUT2D eigenvalue weighted by Gasteiger charge is 2.36. The van der Waals surface area contributed by atoms with Crippen LogP contribution in [0.25, 0.3) is 11.0 Å². The van der Waals surface area contributed by atoms with E-state index in [1.807, 2.05) is 23.1 Å². The lowest BCUT2D eigenvalue weighted by Crippen LogP contribution is -2.54. The van der Waals surface area contributed by atoms with Crippen LogP contribution in [0.3, 0.4) is 0 Å². The number of nitrogens with one attached hydrogen (secondary N) is 1. The maximum Gasteiger partial charge on any atom is 0.254 e. The molecule has 0 radical (unpaired) electrons. The van der Waals surface area contributed by atoms with Crippen molar-refractivity contribution >= 4 is 16.9 Å². The van der Waals surface area contributed by atoms with Gasteiger partial charge in [-0.25, -0.2) is 4.98 Å². The fraction of sp³-hybridized carbons (Fsp3) is 0.500. The predicted molar refractivity (Wildman–Crippen MR) is 79.1 cm³/mol. The zero-order chi connectivity index (χ0) is 14.2. The van der Waals surface area contributed by atoms with Gasteiger partial charge in [-0.1, -0.05) is 12.8 Å². The third kappa shape index (κ3) is 2.21. The average molecular weight is 285 g/mol. The van der Waals surface area contributed by atoms with Crippen molar-refractivity contribution in [2.24, 2.45) is 0 Å². The number of amides is 1. The molecule has 5 heteroatoms. The van der Waals surface area contributed by atoms with Crippen LogP contribution in [0.5, 0.6) is 0 Å². The summed E-state index contributed by atoms with van der Waals surface area (Å²) in [5.74, 6) is 0.117. The van der Waals surface area contributed by atoms with E-state index in [1.54, 1.807) is 6.33 Å². The normalized spacial score (nSPS) is 25.8. The van der Waals surface area contributed by atoms with E-state index in [9.17, 15) is 4.79 Å². The first-order valence-electron chi connectivity index (χ1n) is 7.68. The average Bonchev–Trinajstić information content (AvgIpc) is 3.01. The first kappa shape index (κ1) is 12.8. The van der Waals surface area contributed by atoms with Gasteiger partial charge in [0.2, 0.25) is 0 Å². The monoisotopic (exact) mass is 285 g/mol. The molecule has 0 bridgehead atoms. The minimum Gasteiger partial charge on any atom is -0.374 e. The number of fused-ring (bicyclic) bond motifs is 2. The Labute approximate surface area is 123 Å². The van der Waals surface area contributed by atoms with Crippen LogP contribution in [0.4, 0.5) is 0 Å². The highest BCUT2D eigenvalue weighted by molar-refractivity contribution is 5.97. The van der Waals surface area contributed by atoms with Gasteiger partial charge in [-0.2, -0.15) is 0 Å². The van der Waals surface area contributed by atoms with Gasteiger partial charge in [0.1, 0.15) is 0 Å². The maximum absolute atomic E-state index is 12.9. The van der Waals surface area contributed by atoms with Gasteiger partial charge in [0.25, 0.3) is 5.91 Å². The molecule has 4 rings (SSSR count). The Morgan fingerprint density at radius 1 is 1.33 bits per heavy atom. The minimum atomic E-state index is 0.117. The number of carbonyl (C=O) groups excluding carboxylic acids is 1. The summed E-state index contributed by atoms with van der Waals surface area (Å²) in [6, 6.07) is 5.92. The molecule has 1 aliphatic carbocycles. The van der Waals surface area contributed by atoms with Crippen molar-refractivity contribution in [3.8, 4) is 0 Å². The van der Waals surface area contributed by atoms with Crippen LogP contribution in [0.15, 0.2) is 24.5 Å². The summed E-state index contributed by atoms with van der Waals surface area (Å²) < 4.78 is 5.85. The molecule has 21 heavy (non-hydrogen) atoms. The Bertz CT molecular complexity index is 664. The number of H-pyrrole nitrogens is 1. The molecule has 1 N–H and O–H groups in total. The number of rotatable bonds is 1. The van der Waals surface area contributed by atoms with Gasteiger partial charge in [-0.15, -0.1) is 0 Å². The van der Waals surface area contributed by atoms with E-state index in [0.29, 0.717) is 13.2 Å². The number of hydrogen-bond donors (Lipinski definition) is 1. The zero-order valence-electron chi connectivity index (χ0n) is 11.9. The molecule has 2 aromatic rings. The molecule has 1 saturated carbocycles. The second kappa shape index (κ2) is 5.15. The summed E-state index contributed by atoms with van der Waals surface area (Å²) >= 11 is 0. The van der Waals surface area contributed by atoms with Gasteiger partial charge in [-0.3, -0.25) is 4.79 Å². The summed E-state index contributed by atoms with van der Waals surface area (Å²) in [7, 11) is 0. The van der Waals surface area contributed by atoms with Gasteiger partial charge in [0, 0.05) is 12.1 Å². The molecule has 2 unspecified atom stereocenters. The zero-order valence-corrected chi connectivity index (χ0v) is 11.9. The topological polar surface area (TPSA) is 58.2 Å². The molecule has 2 atom stereocenters. The Morgan fingerprint density at radius 3 is 3.19 bits per heavy atom. The highest BCUT2D eigenvalue weighted by Crippen LogP contribution is 2.29. The number of hydrogen-bond acceptors (Lipinski definition) is 3. The first-order chi connectivity index (χ1) is 10.3. The molecular weight excluding hydrogens is 266 g/mol. The first-order valence-corrected chi connectivity index (χ1v) is 7.68. The van der Waals surface area contributed by atoms with Crippen molar-refractivity contribution in [3.05, 3.63) is 30.1 Å². The van der Waals surface area contributed by atoms with Crippen molar-refractivity contribution in [2.75, 3.05) is 13.2 Å². The van der Waals surface area contributed by atoms with Crippen LogP contribution in [0, 0.1) is 0 Å². The molecule has 2 heterocycles. The van der Waals surface area contributed by atoms with E-state index in [0.717, 1.165) is 29.4 Å². The molecule has 1 aliphatic heterocycles. The van der Waals surface area contributed by atoms with Crippen molar-refractivity contribution in [2.45, 2.75) is 37.8 Å². The number of imidazole rings is 1. The lowest BCUT2D eigenvalue weighted by atomic mass is 9.89. The van der Waals surface area contributed by atoms with Crippen molar-refractivity contribution in [3.63, 3.8) is 0 Å². The van der Waals surface area contributed by atoms with Crippen LogP contribution in [0.2, 0.25) is 0 Å².